The van der Waals surface area contributed by atoms with Crippen LogP contribution in [-0.4, -0.2) is 45.3 Å². The van der Waals surface area contributed by atoms with Gasteiger partial charge in [0.25, 0.3) is 0 Å². The number of ether oxygens (including phenoxy) is 1. The maximum atomic E-state index is 12.4. The van der Waals surface area contributed by atoms with Crippen molar-refractivity contribution >= 4 is 33.2 Å². The molecule has 0 N–H and O–H groups in total. The number of benzene rings is 1. The Labute approximate surface area is 136 Å². The smallest absolute Gasteiger partial charge is 0.216 e. The number of rotatable bonds is 4. The van der Waals surface area contributed by atoms with E-state index in [1.54, 1.807) is 32.3 Å². The third-order valence-corrected chi connectivity index (χ3v) is 6.79. The zero-order chi connectivity index (χ0) is 15.6. The van der Waals surface area contributed by atoms with Crippen LogP contribution in [0.2, 0.25) is 10.0 Å². The summed E-state index contributed by atoms with van der Waals surface area (Å²) in [6.45, 7) is 0.887. The van der Waals surface area contributed by atoms with E-state index in [0.29, 0.717) is 36.1 Å². The van der Waals surface area contributed by atoms with Crippen LogP contribution in [0.5, 0.6) is 0 Å². The fourth-order valence-corrected chi connectivity index (χ4v) is 4.60. The van der Waals surface area contributed by atoms with E-state index >= 15 is 0 Å². The fourth-order valence-electron chi connectivity index (χ4n) is 2.61. The van der Waals surface area contributed by atoms with Gasteiger partial charge in [-0.15, -0.1) is 0 Å². The van der Waals surface area contributed by atoms with Gasteiger partial charge < -0.3 is 4.74 Å². The summed E-state index contributed by atoms with van der Waals surface area (Å²) in [5.74, 6) is -0.123. The van der Waals surface area contributed by atoms with Crippen molar-refractivity contribution in [2.45, 2.75) is 18.1 Å². The molecule has 0 bridgehead atoms. The summed E-state index contributed by atoms with van der Waals surface area (Å²) in [6, 6.07) is 5.25. The Kier molecular flexibility index (Phi) is 5.54. The second-order valence-corrected chi connectivity index (χ2v) is 8.64. The average molecular weight is 352 g/mol. The fraction of sp³-hybridized carbons (Fsp3) is 0.571. The molecule has 0 aromatic heterocycles. The molecule has 1 fully saturated rings. The molecule has 1 aliphatic heterocycles. The van der Waals surface area contributed by atoms with Gasteiger partial charge >= 0.3 is 0 Å². The van der Waals surface area contributed by atoms with Crippen molar-refractivity contribution in [2.75, 3.05) is 27.3 Å². The molecule has 1 aromatic rings. The molecule has 0 amide bonds. The highest BCUT2D eigenvalue weighted by Gasteiger charge is 2.37. The third kappa shape index (κ3) is 3.90. The van der Waals surface area contributed by atoms with Crippen LogP contribution in [0.25, 0.3) is 0 Å². The van der Waals surface area contributed by atoms with Crippen LogP contribution in [-0.2, 0) is 21.2 Å². The van der Waals surface area contributed by atoms with Crippen LogP contribution in [0.1, 0.15) is 12.0 Å². The van der Waals surface area contributed by atoms with Crippen molar-refractivity contribution < 1.29 is 13.2 Å². The Morgan fingerprint density at radius 1 is 1.33 bits per heavy atom. The summed E-state index contributed by atoms with van der Waals surface area (Å²) in [6.07, 6.45) is 1.04. The first-order valence-electron chi connectivity index (χ1n) is 6.75. The van der Waals surface area contributed by atoms with Gasteiger partial charge in [-0.25, -0.2) is 12.7 Å². The van der Waals surface area contributed by atoms with Crippen molar-refractivity contribution in [3.05, 3.63) is 33.8 Å². The molecule has 0 saturated carbocycles. The maximum absolute atomic E-state index is 12.4. The van der Waals surface area contributed by atoms with Crippen molar-refractivity contribution in [3.8, 4) is 0 Å². The summed E-state index contributed by atoms with van der Waals surface area (Å²) >= 11 is 12.2. The van der Waals surface area contributed by atoms with Gasteiger partial charge in [0.15, 0.2) is 0 Å². The summed E-state index contributed by atoms with van der Waals surface area (Å²) in [5.41, 5.74) is 0.860. The first-order valence-corrected chi connectivity index (χ1v) is 9.01. The maximum Gasteiger partial charge on any atom is 0.216 e. The highest BCUT2D eigenvalue weighted by molar-refractivity contribution is 7.89. The normalized spacial score (nSPS) is 23.5. The molecule has 1 saturated heterocycles. The average Bonchev–Trinajstić information content (AvgIpc) is 2.43. The minimum Gasteiger partial charge on any atom is -0.381 e. The van der Waals surface area contributed by atoms with Crippen LogP contribution in [0.3, 0.4) is 0 Å². The summed E-state index contributed by atoms with van der Waals surface area (Å²) in [5, 5.41) is 0.750. The third-order valence-electron chi connectivity index (χ3n) is 3.79. The lowest BCUT2D eigenvalue weighted by atomic mass is 9.93. The van der Waals surface area contributed by atoms with E-state index in [1.165, 1.54) is 4.31 Å². The Morgan fingerprint density at radius 3 is 2.71 bits per heavy atom. The lowest BCUT2D eigenvalue weighted by molar-refractivity contribution is 0.0563. The lowest BCUT2D eigenvalue weighted by Gasteiger charge is -2.33. The van der Waals surface area contributed by atoms with Crippen LogP contribution in [0.4, 0.5) is 0 Å². The molecular weight excluding hydrogens is 333 g/mol. The number of halogens is 2. The molecule has 2 rings (SSSR count). The molecular formula is C14H19Cl2NO3S. The molecule has 0 aliphatic carbocycles. The van der Waals surface area contributed by atoms with Gasteiger partial charge in [0, 0.05) is 36.7 Å². The van der Waals surface area contributed by atoms with Gasteiger partial charge in [-0.1, -0.05) is 23.2 Å². The molecule has 2 atom stereocenters. The van der Waals surface area contributed by atoms with E-state index in [4.69, 9.17) is 27.9 Å². The zero-order valence-corrected chi connectivity index (χ0v) is 14.4. The Morgan fingerprint density at radius 2 is 2.05 bits per heavy atom. The quantitative estimate of drug-likeness (QED) is 0.837. The lowest BCUT2D eigenvalue weighted by Crippen LogP contribution is -2.44. The SMILES string of the molecule is CN(C)S(=O)(=O)[C@H]1CCOC[C@H]1Cc1cc(Cl)ccc1Cl. The van der Waals surface area contributed by atoms with E-state index in [9.17, 15) is 8.42 Å². The standard InChI is InChI=1S/C14H19Cl2NO3S/c1-17(2)21(18,19)14-5-6-20-9-11(14)7-10-8-12(15)3-4-13(10)16/h3-4,8,11,14H,5-7,9H2,1-2H3/t11-,14+/m1/s1. The summed E-state index contributed by atoms with van der Waals surface area (Å²) in [7, 11) is -0.188. The Hall–Kier alpha value is -0.330. The van der Waals surface area contributed by atoms with E-state index in [1.807, 2.05) is 0 Å². The predicted molar refractivity (Wildman–Crippen MR) is 85.5 cm³/mol. The van der Waals surface area contributed by atoms with Gasteiger partial charge in [-0.05, 0) is 36.6 Å². The topological polar surface area (TPSA) is 46.6 Å². The molecule has 118 valence electrons. The molecule has 21 heavy (non-hydrogen) atoms. The van der Waals surface area contributed by atoms with E-state index in [0.717, 1.165) is 5.56 Å². The summed E-state index contributed by atoms with van der Waals surface area (Å²) < 4.78 is 31.7. The molecule has 1 aliphatic rings. The molecule has 0 spiro atoms. The van der Waals surface area contributed by atoms with Gasteiger partial charge in [0.05, 0.1) is 11.9 Å². The predicted octanol–water partition coefficient (Wildman–Crippen LogP) is 2.83. The largest absolute Gasteiger partial charge is 0.381 e. The van der Waals surface area contributed by atoms with Crippen molar-refractivity contribution in [3.63, 3.8) is 0 Å². The van der Waals surface area contributed by atoms with Crippen molar-refractivity contribution in [1.82, 2.24) is 4.31 Å². The van der Waals surface area contributed by atoms with Gasteiger partial charge in [0.2, 0.25) is 10.0 Å². The van der Waals surface area contributed by atoms with E-state index in [2.05, 4.69) is 0 Å². The van der Waals surface area contributed by atoms with Crippen LogP contribution < -0.4 is 0 Å². The second kappa shape index (κ2) is 6.84. The molecule has 0 radical (unpaired) electrons. The Balaban J connectivity index is 2.26. The molecule has 0 unspecified atom stereocenters. The first kappa shape index (κ1) is 17.0. The Bertz CT molecular complexity index is 604. The zero-order valence-electron chi connectivity index (χ0n) is 12.1. The van der Waals surface area contributed by atoms with E-state index < -0.39 is 15.3 Å². The van der Waals surface area contributed by atoms with Gasteiger partial charge in [-0.2, -0.15) is 0 Å². The van der Waals surface area contributed by atoms with Gasteiger partial charge in [0.1, 0.15) is 0 Å². The minimum atomic E-state index is -3.31. The number of hydrogen-bond acceptors (Lipinski definition) is 3. The van der Waals surface area contributed by atoms with E-state index in [-0.39, 0.29) is 5.92 Å². The number of hydrogen-bond donors (Lipinski definition) is 0. The molecule has 1 aromatic carbocycles. The number of nitrogens with zero attached hydrogens (tertiary/aromatic N) is 1. The van der Waals surface area contributed by atoms with Crippen LogP contribution in [0.15, 0.2) is 18.2 Å². The first-order chi connectivity index (χ1) is 9.82. The summed E-state index contributed by atoms with van der Waals surface area (Å²) in [4.78, 5) is 0. The molecule has 7 heteroatoms. The highest BCUT2D eigenvalue weighted by atomic mass is 35.5. The van der Waals surface area contributed by atoms with Crippen molar-refractivity contribution in [2.24, 2.45) is 5.92 Å². The molecule has 1 heterocycles. The monoisotopic (exact) mass is 351 g/mol. The van der Waals surface area contributed by atoms with Crippen LogP contribution in [0, 0.1) is 5.92 Å². The number of sulfonamides is 1. The molecule has 4 nitrogen and oxygen atoms in total. The second-order valence-electron chi connectivity index (χ2n) is 5.43. The highest BCUT2D eigenvalue weighted by Crippen LogP contribution is 2.30. The minimum absolute atomic E-state index is 0.123. The van der Waals surface area contributed by atoms with Crippen molar-refractivity contribution in [1.29, 1.82) is 0 Å². The van der Waals surface area contributed by atoms with Crippen LogP contribution >= 0.6 is 23.2 Å². The van der Waals surface area contributed by atoms with Gasteiger partial charge in [-0.3, -0.25) is 0 Å².